The quantitative estimate of drug-likeness (QED) is 0.464. The number of nitrogens with zero attached hydrogens (tertiary/aromatic N) is 3. The Balaban J connectivity index is 1.60. The summed E-state index contributed by atoms with van der Waals surface area (Å²) in [5, 5.41) is 16.4. The minimum absolute atomic E-state index is 0.0633. The fourth-order valence-electron chi connectivity index (χ4n) is 4.44. The van der Waals surface area contributed by atoms with Gasteiger partial charge < -0.3 is 14.9 Å². The summed E-state index contributed by atoms with van der Waals surface area (Å²) in [6.07, 6.45) is 1.64. The maximum absolute atomic E-state index is 11.9. The van der Waals surface area contributed by atoms with Crippen LogP contribution in [-0.2, 0) is 6.54 Å². The summed E-state index contributed by atoms with van der Waals surface area (Å²) in [5.74, 6) is 0.775. The maximum Gasteiger partial charge on any atom is 0.315 e. The van der Waals surface area contributed by atoms with Crippen LogP contribution in [0.1, 0.15) is 43.9 Å². The average molecular weight is 439 g/mol. The van der Waals surface area contributed by atoms with Crippen LogP contribution in [0.4, 0.5) is 5.69 Å². The number of nitrogens with one attached hydrogen (secondary N) is 1. The number of nitro groups is 1. The second kappa shape index (κ2) is 9.99. The van der Waals surface area contributed by atoms with Gasteiger partial charge in [0.25, 0.3) is 0 Å². The van der Waals surface area contributed by atoms with Gasteiger partial charge in [-0.2, -0.15) is 5.10 Å². The Morgan fingerprint density at radius 3 is 2.75 bits per heavy atom. The van der Waals surface area contributed by atoms with E-state index in [1.165, 1.54) is 5.56 Å². The highest BCUT2D eigenvalue weighted by Gasteiger charge is 2.38. The van der Waals surface area contributed by atoms with Crippen molar-refractivity contribution in [3.8, 4) is 11.5 Å². The van der Waals surface area contributed by atoms with Crippen LogP contribution in [0.25, 0.3) is 0 Å². The lowest BCUT2D eigenvalue weighted by Gasteiger charge is -2.33. The van der Waals surface area contributed by atoms with E-state index in [0.29, 0.717) is 19.0 Å². The van der Waals surface area contributed by atoms with Crippen molar-refractivity contribution in [2.75, 3.05) is 26.3 Å². The monoisotopic (exact) mass is 438 g/mol. The Labute approximate surface area is 188 Å². The molecule has 1 fully saturated rings. The summed E-state index contributed by atoms with van der Waals surface area (Å²) in [5.41, 5.74) is 6.39. The van der Waals surface area contributed by atoms with Crippen molar-refractivity contribution < 1.29 is 14.4 Å². The van der Waals surface area contributed by atoms with E-state index in [1.807, 2.05) is 26.0 Å². The molecule has 2 unspecified atom stereocenters. The summed E-state index contributed by atoms with van der Waals surface area (Å²) in [7, 11) is 0. The molecular formula is C24H30N4O4. The van der Waals surface area contributed by atoms with Crippen LogP contribution in [-0.4, -0.2) is 41.8 Å². The number of benzene rings is 2. The number of hydrogen-bond acceptors (Lipinski definition) is 7. The van der Waals surface area contributed by atoms with E-state index in [1.54, 1.807) is 6.07 Å². The Bertz CT molecular complexity index is 979. The fourth-order valence-corrected chi connectivity index (χ4v) is 4.44. The maximum atomic E-state index is 11.9. The molecule has 32 heavy (non-hydrogen) atoms. The van der Waals surface area contributed by atoms with Crippen molar-refractivity contribution >= 4 is 11.4 Å². The van der Waals surface area contributed by atoms with E-state index in [0.717, 1.165) is 43.8 Å². The predicted molar refractivity (Wildman–Crippen MR) is 123 cm³/mol. The summed E-state index contributed by atoms with van der Waals surface area (Å²) >= 11 is 0. The molecule has 0 aromatic heterocycles. The second-order valence-electron chi connectivity index (χ2n) is 8.19. The predicted octanol–water partition coefficient (Wildman–Crippen LogP) is 4.30. The molecule has 2 aromatic rings. The molecule has 2 heterocycles. The molecule has 2 aliphatic heterocycles. The lowest BCUT2D eigenvalue weighted by atomic mass is 9.86. The molecule has 8 heteroatoms. The molecule has 8 nitrogen and oxygen atoms in total. The molecule has 0 spiro atoms. The van der Waals surface area contributed by atoms with Crippen LogP contribution in [0, 0.1) is 16.0 Å². The molecule has 2 aromatic carbocycles. The highest BCUT2D eigenvalue weighted by atomic mass is 16.6. The zero-order valence-corrected chi connectivity index (χ0v) is 18.6. The number of hydrogen-bond donors (Lipinski definition) is 1. The van der Waals surface area contributed by atoms with Crippen molar-refractivity contribution in [3.63, 3.8) is 0 Å². The highest BCUT2D eigenvalue weighted by molar-refractivity contribution is 5.90. The normalized spacial score (nSPS) is 20.2. The summed E-state index contributed by atoms with van der Waals surface area (Å²) in [6, 6.07) is 13.8. The molecule has 2 aliphatic rings. The number of piperidine rings is 1. The molecule has 1 N–H and O–H groups in total. The van der Waals surface area contributed by atoms with E-state index >= 15 is 0 Å². The third-order valence-electron chi connectivity index (χ3n) is 5.93. The molecule has 0 amide bonds. The second-order valence-corrected chi connectivity index (χ2v) is 8.19. The molecule has 0 aliphatic carbocycles. The van der Waals surface area contributed by atoms with E-state index in [4.69, 9.17) is 9.47 Å². The smallest absolute Gasteiger partial charge is 0.315 e. The van der Waals surface area contributed by atoms with Crippen LogP contribution in [0.15, 0.2) is 47.6 Å². The number of ether oxygens (including phenoxy) is 2. The van der Waals surface area contributed by atoms with Crippen molar-refractivity contribution in [1.82, 2.24) is 10.3 Å². The summed E-state index contributed by atoms with van der Waals surface area (Å²) < 4.78 is 11.5. The van der Waals surface area contributed by atoms with Gasteiger partial charge in [-0.3, -0.25) is 15.0 Å². The number of likely N-dealkylation sites (tertiary alicyclic amines) is 1. The number of fused-ring (bicyclic) bond motifs is 1. The van der Waals surface area contributed by atoms with Gasteiger partial charge in [0.05, 0.1) is 24.2 Å². The highest BCUT2D eigenvalue weighted by Crippen LogP contribution is 2.43. The molecule has 0 bridgehead atoms. The zero-order valence-electron chi connectivity index (χ0n) is 18.6. The third kappa shape index (κ3) is 4.70. The minimum atomic E-state index is -0.393. The van der Waals surface area contributed by atoms with Crippen LogP contribution >= 0.6 is 0 Å². The fraction of sp³-hybridized carbons (Fsp3) is 0.458. The summed E-state index contributed by atoms with van der Waals surface area (Å²) in [4.78, 5) is 13.9. The largest absolute Gasteiger partial charge is 0.490 e. The van der Waals surface area contributed by atoms with E-state index in [2.05, 4.69) is 39.7 Å². The topological polar surface area (TPSA) is 89.2 Å². The van der Waals surface area contributed by atoms with Crippen molar-refractivity contribution in [3.05, 3.63) is 63.7 Å². The lowest BCUT2D eigenvalue weighted by molar-refractivity contribution is -0.386. The van der Waals surface area contributed by atoms with Gasteiger partial charge in [0, 0.05) is 43.8 Å². The van der Waals surface area contributed by atoms with Crippen molar-refractivity contribution in [1.29, 1.82) is 0 Å². The number of nitro benzene ring substituents is 1. The van der Waals surface area contributed by atoms with E-state index in [9.17, 15) is 10.1 Å². The average Bonchev–Trinajstić information content (AvgIpc) is 3.22. The Hall–Kier alpha value is -3.13. The van der Waals surface area contributed by atoms with Gasteiger partial charge in [-0.25, -0.2) is 0 Å². The zero-order chi connectivity index (χ0) is 22.5. The van der Waals surface area contributed by atoms with Gasteiger partial charge in [-0.1, -0.05) is 37.3 Å². The van der Waals surface area contributed by atoms with Gasteiger partial charge in [0.2, 0.25) is 5.75 Å². The van der Waals surface area contributed by atoms with Crippen LogP contribution in [0.2, 0.25) is 0 Å². The first-order valence-corrected chi connectivity index (χ1v) is 11.3. The Kier molecular flexibility index (Phi) is 6.90. The molecule has 4 rings (SSSR count). The van der Waals surface area contributed by atoms with Crippen LogP contribution in [0.5, 0.6) is 11.5 Å². The SMILES string of the molecule is CCCOc1c(OCC)cc(C2NN=C3CCN(Cc4ccccc4)CC32)cc1[N+](=O)[O-]. The first kappa shape index (κ1) is 22.1. The van der Waals surface area contributed by atoms with Gasteiger partial charge in [-0.15, -0.1) is 0 Å². The molecule has 1 saturated heterocycles. The number of hydrazone groups is 1. The number of rotatable bonds is 9. The van der Waals surface area contributed by atoms with Gasteiger partial charge in [-0.05, 0) is 30.5 Å². The van der Waals surface area contributed by atoms with Gasteiger partial charge in [0.15, 0.2) is 5.75 Å². The van der Waals surface area contributed by atoms with Crippen LogP contribution in [0.3, 0.4) is 0 Å². The molecule has 0 radical (unpaired) electrons. The minimum Gasteiger partial charge on any atom is -0.490 e. The Morgan fingerprint density at radius 2 is 2.03 bits per heavy atom. The van der Waals surface area contributed by atoms with E-state index in [-0.39, 0.29) is 23.4 Å². The van der Waals surface area contributed by atoms with Gasteiger partial charge in [0.1, 0.15) is 0 Å². The van der Waals surface area contributed by atoms with Gasteiger partial charge >= 0.3 is 5.69 Å². The molecule has 0 saturated carbocycles. The third-order valence-corrected chi connectivity index (χ3v) is 5.93. The van der Waals surface area contributed by atoms with Crippen LogP contribution < -0.4 is 14.9 Å². The first-order chi connectivity index (χ1) is 15.6. The molecular weight excluding hydrogens is 408 g/mol. The van der Waals surface area contributed by atoms with E-state index < -0.39 is 4.92 Å². The molecule has 2 atom stereocenters. The van der Waals surface area contributed by atoms with Crippen molar-refractivity contribution in [2.24, 2.45) is 11.0 Å². The first-order valence-electron chi connectivity index (χ1n) is 11.3. The summed E-state index contributed by atoms with van der Waals surface area (Å²) in [6.45, 7) is 7.30. The lowest BCUT2D eigenvalue weighted by Crippen LogP contribution is -2.41. The standard InChI is InChI=1S/C24H30N4O4/c1-3-12-32-24-21(28(29)30)13-18(14-22(24)31-4-2)23-19-16-27(11-10-20(19)25-26-23)15-17-8-6-5-7-9-17/h5-9,13-14,19,23,26H,3-4,10-12,15-16H2,1-2H3. The van der Waals surface area contributed by atoms with Crippen molar-refractivity contribution in [2.45, 2.75) is 39.3 Å². The molecule has 170 valence electrons. The Morgan fingerprint density at radius 1 is 1.22 bits per heavy atom.